The summed E-state index contributed by atoms with van der Waals surface area (Å²) in [4.78, 5) is 13.2. The maximum absolute atomic E-state index is 10.6. The highest BCUT2D eigenvalue weighted by Gasteiger charge is 2.10. The van der Waals surface area contributed by atoms with Gasteiger partial charge in [-0.3, -0.25) is 10.1 Å². The molecule has 0 amide bonds. The number of nitrogen functional groups attached to an aromatic ring is 1. The first-order chi connectivity index (χ1) is 8.00. The van der Waals surface area contributed by atoms with E-state index in [9.17, 15) is 10.1 Å². The first kappa shape index (κ1) is 13.8. The minimum absolute atomic E-state index is 0.0253. The van der Waals surface area contributed by atoms with Crippen LogP contribution >= 0.6 is 11.8 Å². The number of nitro groups is 1. The van der Waals surface area contributed by atoms with Gasteiger partial charge in [-0.1, -0.05) is 0 Å². The Morgan fingerprint density at radius 2 is 2.18 bits per heavy atom. The largest absolute Gasteiger partial charge is 0.393 e. The standard InChI is InChI=1S/C11H17N3O2S/c1-13(2)6-3-7-17-9-4-5-11(14(15)16)10(12)8-9/h4-5,8H,3,6-7,12H2,1-2H3. The highest BCUT2D eigenvalue weighted by molar-refractivity contribution is 7.99. The molecule has 0 radical (unpaired) electrons. The molecule has 2 N–H and O–H groups in total. The van der Waals surface area contributed by atoms with Crippen molar-refractivity contribution in [2.24, 2.45) is 0 Å². The molecule has 0 saturated carbocycles. The Hall–Kier alpha value is -1.27. The number of nitrogens with two attached hydrogens (primary N) is 1. The van der Waals surface area contributed by atoms with Crippen LogP contribution in [0.25, 0.3) is 0 Å². The maximum atomic E-state index is 10.6. The third-order valence-electron chi connectivity index (χ3n) is 2.21. The highest BCUT2D eigenvalue weighted by atomic mass is 32.2. The van der Waals surface area contributed by atoms with E-state index >= 15 is 0 Å². The van der Waals surface area contributed by atoms with Crippen LogP contribution in [0, 0.1) is 10.1 Å². The van der Waals surface area contributed by atoms with Crippen LogP contribution < -0.4 is 5.73 Å². The summed E-state index contributed by atoms with van der Waals surface area (Å²) >= 11 is 1.67. The molecule has 0 atom stereocenters. The second-order valence-electron chi connectivity index (χ2n) is 3.98. The van der Waals surface area contributed by atoms with E-state index in [1.807, 2.05) is 14.1 Å². The second-order valence-corrected chi connectivity index (χ2v) is 5.15. The molecule has 5 nitrogen and oxygen atoms in total. The average molecular weight is 255 g/mol. The van der Waals surface area contributed by atoms with E-state index in [0.717, 1.165) is 23.6 Å². The topological polar surface area (TPSA) is 72.4 Å². The third-order valence-corrected chi connectivity index (χ3v) is 3.29. The number of hydrogen-bond acceptors (Lipinski definition) is 5. The average Bonchev–Trinajstić information content (AvgIpc) is 2.23. The van der Waals surface area contributed by atoms with Gasteiger partial charge in [-0.25, -0.2) is 0 Å². The molecule has 0 aliphatic heterocycles. The van der Waals surface area contributed by atoms with Crippen LogP contribution in [0.1, 0.15) is 6.42 Å². The summed E-state index contributed by atoms with van der Waals surface area (Å²) in [6.07, 6.45) is 1.08. The van der Waals surface area contributed by atoms with Gasteiger partial charge in [-0.15, -0.1) is 11.8 Å². The minimum Gasteiger partial charge on any atom is -0.393 e. The van der Waals surface area contributed by atoms with Gasteiger partial charge in [0.1, 0.15) is 5.69 Å². The van der Waals surface area contributed by atoms with Crippen LogP contribution in [-0.4, -0.2) is 36.2 Å². The number of thioether (sulfide) groups is 1. The lowest BCUT2D eigenvalue weighted by molar-refractivity contribution is -0.383. The zero-order valence-corrected chi connectivity index (χ0v) is 10.9. The van der Waals surface area contributed by atoms with Crippen molar-refractivity contribution in [3.05, 3.63) is 28.3 Å². The van der Waals surface area contributed by atoms with E-state index < -0.39 is 4.92 Å². The van der Waals surface area contributed by atoms with Gasteiger partial charge < -0.3 is 10.6 Å². The number of anilines is 1. The lowest BCUT2D eigenvalue weighted by atomic mass is 10.3. The Kier molecular flexibility index (Phi) is 5.24. The molecule has 0 bridgehead atoms. The van der Waals surface area contributed by atoms with Crippen molar-refractivity contribution in [1.29, 1.82) is 0 Å². The van der Waals surface area contributed by atoms with Crippen molar-refractivity contribution in [3.8, 4) is 0 Å². The molecule has 94 valence electrons. The van der Waals surface area contributed by atoms with Crippen molar-refractivity contribution in [3.63, 3.8) is 0 Å². The summed E-state index contributed by atoms with van der Waals surface area (Å²) in [7, 11) is 4.07. The van der Waals surface area contributed by atoms with Crippen molar-refractivity contribution < 1.29 is 4.92 Å². The van der Waals surface area contributed by atoms with Gasteiger partial charge in [0, 0.05) is 11.0 Å². The molecule has 1 aromatic rings. The van der Waals surface area contributed by atoms with Gasteiger partial charge in [-0.05, 0) is 44.9 Å². The zero-order valence-electron chi connectivity index (χ0n) is 10.0. The summed E-state index contributed by atoms with van der Waals surface area (Å²) in [6.45, 7) is 1.04. The molecule has 0 heterocycles. The molecule has 17 heavy (non-hydrogen) atoms. The first-order valence-corrected chi connectivity index (χ1v) is 6.30. The van der Waals surface area contributed by atoms with E-state index in [1.54, 1.807) is 23.9 Å². The molecule has 0 aliphatic carbocycles. The Morgan fingerprint density at radius 3 is 2.71 bits per heavy atom. The number of nitrogens with zero attached hydrogens (tertiary/aromatic N) is 2. The minimum atomic E-state index is -0.462. The van der Waals surface area contributed by atoms with Gasteiger partial charge in [0.15, 0.2) is 0 Å². The predicted octanol–water partition coefficient (Wildman–Crippen LogP) is 2.22. The Morgan fingerprint density at radius 1 is 1.47 bits per heavy atom. The van der Waals surface area contributed by atoms with Crippen molar-refractivity contribution in [2.45, 2.75) is 11.3 Å². The molecule has 0 saturated heterocycles. The Balaban J connectivity index is 2.50. The lowest BCUT2D eigenvalue weighted by Gasteiger charge is -2.08. The van der Waals surface area contributed by atoms with Gasteiger partial charge in [0.05, 0.1) is 4.92 Å². The van der Waals surface area contributed by atoms with Gasteiger partial charge >= 0.3 is 0 Å². The molecule has 1 aromatic carbocycles. The van der Waals surface area contributed by atoms with Crippen molar-refractivity contribution >= 4 is 23.1 Å². The van der Waals surface area contributed by atoms with Crippen LogP contribution in [0.5, 0.6) is 0 Å². The quantitative estimate of drug-likeness (QED) is 0.277. The molecule has 0 aliphatic rings. The number of nitro benzene ring substituents is 1. The monoisotopic (exact) mass is 255 g/mol. The van der Waals surface area contributed by atoms with Crippen LogP contribution in [0.3, 0.4) is 0 Å². The summed E-state index contributed by atoms with van der Waals surface area (Å²) in [5, 5.41) is 10.6. The van der Waals surface area contributed by atoms with Crippen molar-refractivity contribution in [1.82, 2.24) is 4.90 Å². The highest BCUT2D eigenvalue weighted by Crippen LogP contribution is 2.27. The lowest BCUT2D eigenvalue weighted by Crippen LogP contribution is -2.13. The smallest absolute Gasteiger partial charge is 0.292 e. The molecule has 0 fully saturated rings. The number of benzene rings is 1. The van der Waals surface area contributed by atoms with Crippen LogP contribution in [0.15, 0.2) is 23.1 Å². The predicted molar refractivity (Wildman–Crippen MR) is 71.4 cm³/mol. The zero-order chi connectivity index (χ0) is 12.8. The second kappa shape index (κ2) is 6.46. The van der Waals surface area contributed by atoms with Crippen LogP contribution in [0.4, 0.5) is 11.4 Å². The SMILES string of the molecule is CN(C)CCCSc1ccc([N+](=O)[O-])c(N)c1. The van der Waals surface area contributed by atoms with Gasteiger partial charge in [0.2, 0.25) is 0 Å². The van der Waals surface area contributed by atoms with Crippen LogP contribution in [-0.2, 0) is 0 Å². The maximum Gasteiger partial charge on any atom is 0.292 e. The van der Waals surface area contributed by atoms with E-state index in [-0.39, 0.29) is 11.4 Å². The van der Waals surface area contributed by atoms with Crippen molar-refractivity contribution in [2.75, 3.05) is 32.1 Å². The molecule has 0 aromatic heterocycles. The summed E-state index contributed by atoms with van der Waals surface area (Å²) in [5.41, 5.74) is 5.82. The fourth-order valence-electron chi connectivity index (χ4n) is 1.36. The van der Waals surface area contributed by atoms with E-state index in [4.69, 9.17) is 5.73 Å². The van der Waals surface area contributed by atoms with Gasteiger partial charge in [0.25, 0.3) is 5.69 Å². The van der Waals surface area contributed by atoms with Crippen LogP contribution in [0.2, 0.25) is 0 Å². The van der Waals surface area contributed by atoms with E-state index in [1.165, 1.54) is 6.07 Å². The number of rotatable bonds is 6. The molecular weight excluding hydrogens is 238 g/mol. The van der Waals surface area contributed by atoms with E-state index in [2.05, 4.69) is 4.90 Å². The Labute approximate surface area is 105 Å². The normalized spacial score (nSPS) is 10.8. The molecule has 0 unspecified atom stereocenters. The van der Waals surface area contributed by atoms with E-state index in [0.29, 0.717) is 0 Å². The molecule has 0 spiro atoms. The summed E-state index contributed by atoms with van der Waals surface area (Å²) in [6, 6.07) is 4.87. The summed E-state index contributed by atoms with van der Waals surface area (Å²) < 4.78 is 0. The van der Waals surface area contributed by atoms with Gasteiger partial charge in [-0.2, -0.15) is 0 Å². The fraction of sp³-hybridized carbons (Fsp3) is 0.455. The first-order valence-electron chi connectivity index (χ1n) is 5.32. The molecule has 1 rings (SSSR count). The molecule has 6 heteroatoms. The molecular formula is C11H17N3O2S. The third kappa shape index (κ3) is 4.62. The fourth-order valence-corrected chi connectivity index (χ4v) is 2.24. The number of hydrogen-bond donors (Lipinski definition) is 1. The Bertz CT molecular complexity index is 396. The summed E-state index contributed by atoms with van der Waals surface area (Å²) in [5.74, 6) is 0.982.